The molecule has 1 aliphatic rings. The normalized spacial score (nSPS) is 18.5. The molecule has 0 bridgehead atoms. The predicted octanol–water partition coefficient (Wildman–Crippen LogP) is 2.61. The fraction of sp³-hybridized carbons (Fsp3) is 0.333. The lowest BCUT2D eigenvalue weighted by Crippen LogP contribution is -2.41. The van der Waals surface area contributed by atoms with E-state index in [1.165, 1.54) is 18.5 Å². The van der Waals surface area contributed by atoms with E-state index in [9.17, 15) is 17.6 Å². The second-order valence-corrected chi connectivity index (χ2v) is 8.44. The molecule has 0 aliphatic carbocycles. The summed E-state index contributed by atoms with van der Waals surface area (Å²) in [5, 5.41) is 2.90. The molecule has 1 N–H and O–H groups in total. The minimum Gasteiger partial charge on any atom is -0.352 e. The number of sulfone groups is 1. The topological polar surface area (TPSA) is 79.4 Å². The van der Waals surface area contributed by atoms with Gasteiger partial charge < -0.3 is 10.2 Å². The summed E-state index contributed by atoms with van der Waals surface area (Å²) in [5.74, 6) is -0.586. The molecule has 1 aliphatic heterocycles. The van der Waals surface area contributed by atoms with Gasteiger partial charge in [0.2, 0.25) is 0 Å². The number of hydrogen-bond acceptors (Lipinski definition) is 5. The molecule has 8 heteroatoms. The number of carbonyl (C=O) groups is 1. The van der Waals surface area contributed by atoms with Crippen LogP contribution in [0.4, 0.5) is 15.8 Å². The minimum atomic E-state index is -3.08. The first-order valence-corrected chi connectivity index (χ1v) is 10.2. The molecule has 1 fully saturated rings. The lowest BCUT2D eigenvalue weighted by atomic mass is 10.1. The average Bonchev–Trinajstić information content (AvgIpc) is 2.97. The number of nitrogens with zero attached hydrogens (tertiary/aromatic N) is 2. The summed E-state index contributed by atoms with van der Waals surface area (Å²) in [7, 11) is -3.08. The standard InChI is InChI=1S/C18H20FN3O3S/c1-2-22(15-7-8-26(24,25)12-15)18(23)13-9-14(11-20-10-13)21-17-6-4-3-5-16(17)19/h3-6,9-11,15,21H,2,7-8,12H2,1H3. The van der Waals surface area contributed by atoms with E-state index in [0.29, 0.717) is 24.2 Å². The van der Waals surface area contributed by atoms with Crippen molar-refractivity contribution in [3.63, 3.8) is 0 Å². The Labute approximate surface area is 152 Å². The SMILES string of the molecule is CCN(C(=O)c1cncc(Nc2ccccc2F)c1)C1CCS(=O)(=O)C1. The number of pyridine rings is 1. The van der Waals surface area contributed by atoms with Gasteiger partial charge in [0.05, 0.1) is 34.6 Å². The molecule has 1 atom stereocenters. The zero-order valence-corrected chi connectivity index (χ0v) is 15.2. The van der Waals surface area contributed by atoms with Crippen LogP contribution in [0.5, 0.6) is 0 Å². The number of para-hydroxylation sites is 1. The summed E-state index contributed by atoms with van der Waals surface area (Å²) < 4.78 is 37.2. The van der Waals surface area contributed by atoms with Crippen LogP contribution in [0, 0.1) is 5.82 Å². The van der Waals surface area contributed by atoms with Gasteiger partial charge in [-0.2, -0.15) is 0 Å². The van der Waals surface area contributed by atoms with E-state index < -0.39 is 15.7 Å². The Morgan fingerprint density at radius 1 is 1.35 bits per heavy atom. The molecule has 6 nitrogen and oxygen atoms in total. The van der Waals surface area contributed by atoms with Crippen LogP contribution in [0.15, 0.2) is 42.7 Å². The van der Waals surface area contributed by atoms with Gasteiger partial charge in [-0.25, -0.2) is 12.8 Å². The fourth-order valence-electron chi connectivity index (χ4n) is 3.10. The largest absolute Gasteiger partial charge is 0.352 e. The number of hydrogen-bond donors (Lipinski definition) is 1. The third kappa shape index (κ3) is 4.01. The van der Waals surface area contributed by atoms with Crippen LogP contribution < -0.4 is 5.32 Å². The molecule has 138 valence electrons. The summed E-state index contributed by atoms with van der Waals surface area (Å²) in [6.45, 7) is 2.22. The lowest BCUT2D eigenvalue weighted by Gasteiger charge is -2.27. The molecular formula is C18H20FN3O3S. The molecule has 1 aromatic carbocycles. The van der Waals surface area contributed by atoms with Crippen LogP contribution in [0.2, 0.25) is 0 Å². The molecule has 2 heterocycles. The van der Waals surface area contributed by atoms with Crippen molar-refractivity contribution in [3.8, 4) is 0 Å². The highest BCUT2D eigenvalue weighted by Gasteiger charge is 2.34. The summed E-state index contributed by atoms with van der Waals surface area (Å²) in [5.41, 5.74) is 1.10. The molecule has 26 heavy (non-hydrogen) atoms. The first kappa shape index (κ1) is 18.3. The summed E-state index contributed by atoms with van der Waals surface area (Å²) >= 11 is 0. The Bertz CT molecular complexity index is 917. The maximum atomic E-state index is 13.8. The Kier molecular flexibility index (Phi) is 5.22. The summed E-state index contributed by atoms with van der Waals surface area (Å²) in [4.78, 5) is 18.5. The van der Waals surface area contributed by atoms with Gasteiger partial charge in [-0.3, -0.25) is 9.78 Å². The molecule has 0 saturated carbocycles. The maximum Gasteiger partial charge on any atom is 0.255 e. The molecule has 2 aromatic rings. The van der Waals surface area contributed by atoms with Crippen molar-refractivity contribution >= 4 is 27.1 Å². The van der Waals surface area contributed by atoms with E-state index in [1.807, 2.05) is 6.92 Å². The average molecular weight is 377 g/mol. The number of aromatic nitrogens is 1. The molecule has 1 unspecified atom stereocenters. The third-order valence-electron chi connectivity index (χ3n) is 4.39. The van der Waals surface area contributed by atoms with E-state index in [1.54, 1.807) is 29.2 Å². The van der Waals surface area contributed by atoms with E-state index in [0.717, 1.165) is 0 Å². The van der Waals surface area contributed by atoms with Gasteiger partial charge in [-0.15, -0.1) is 0 Å². The van der Waals surface area contributed by atoms with Crippen molar-refractivity contribution in [3.05, 3.63) is 54.1 Å². The molecule has 0 radical (unpaired) electrons. The van der Waals surface area contributed by atoms with Gasteiger partial charge in [0.1, 0.15) is 5.82 Å². The molecule has 1 amide bonds. The number of carbonyl (C=O) groups excluding carboxylic acids is 1. The summed E-state index contributed by atoms with van der Waals surface area (Å²) in [6.07, 6.45) is 3.38. The predicted molar refractivity (Wildman–Crippen MR) is 97.7 cm³/mol. The molecule has 1 aromatic heterocycles. The molecular weight excluding hydrogens is 357 g/mol. The van der Waals surface area contributed by atoms with Gasteiger partial charge in [0.25, 0.3) is 5.91 Å². The van der Waals surface area contributed by atoms with Crippen LogP contribution in [-0.4, -0.2) is 48.3 Å². The van der Waals surface area contributed by atoms with Gasteiger partial charge >= 0.3 is 0 Å². The quantitative estimate of drug-likeness (QED) is 0.866. The van der Waals surface area contributed by atoms with E-state index in [-0.39, 0.29) is 29.1 Å². The number of rotatable bonds is 5. The van der Waals surface area contributed by atoms with Crippen LogP contribution >= 0.6 is 0 Å². The maximum absolute atomic E-state index is 13.8. The zero-order valence-electron chi connectivity index (χ0n) is 14.4. The Morgan fingerprint density at radius 3 is 2.77 bits per heavy atom. The second-order valence-electron chi connectivity index (χ2n) is 6.22. The van der Waals surface area contributed by atoms with Crippen molar-refractivity contribution in [1.82, 2.24) is 9.88 Å². The van der Waals surface area contributed by atoms with Crippen LogP contribution in [0.25, 0.3) is 0 Å². The molecule has 1 saturated heterocycles. The van der Waals surface area contributed by atoms with Gasteiger partial charge in [0.15, 0.2) is 9.84 Å². The Hall–Kier alpha value is -2.48. The highest BCUT2D eigenvalue weighted by atomic mass is 32.2. The lowest BCUT2D eigenvalue weighted by molar-refractivity contribution is 0.0708. The van der Waals surface area contributed by atoms with E-state index >= 15 is 0 Å². The van der Waals surface area contributed by atoms with Crippen molar-refractivity contribution in [2.45, 2.75) is 19.4 Å². The van der Waals surface area contributed by atoms with Crippen molar-refractivity contribution in [1.29, 1.82) is 0 Å². The molecule has 0 spiro atoms. The smallest absolute Gasteiger partial charge is 0.255 e. The summed E-state index contributed by atoms with van der Waals surface area (Å²) in [6, 6.07) is 7.49. The van der Waals surface area contributed by atoms with Gasteiger partial charge in [0, 0.05) is 18.8 Å². The number of amides is 1. The Balaban J connectivity index is 1.80. The van der Waals surface area contributed by atoms with Crippen LogP contribution in [0.1, 0.15) is 23.7 Å². The second kappa shape index (κ2) is 7.41. The Morgan fingerprint density at radius 2 is 2.12 bits per heavy atom. The van der Waals surface area contributed by atoms with Crippen LogP contribution in [0.3, 0.4) is 0 Å². The first-order valence-electron chi connectivity index (χ1n) is 8.37. The number of anilines is 2. The monoisotopic (exact) mass is 377 g/mol. The van der Waals surface area contributed by atoms with Crippen molar-refractivity contribution in [2.75, 3.05) is 23.4 Å². The highest BCUT2D eigenvalue weighted by molar-refractivity contribution is 7.91. The van der Waals surface area contributed by atoms with Crippen molar-refractivity contribution in [2.24, 2.45) is 0 Å². The zero-order chi connectivity index (χ0) is 18.7. The first-order chi connectivity index (χ1) is 12.4. The van der Waals surface area contributed by atoms with E-state index in [4.69, 9.17) is 0 Å². The molecule has 3 rings (SSSR count). The van der Waals surface area contributed by atoms with E-state index in [2.05, 4.69) is 10.3 Å². The number of halogens is 1. The number of nitrogens with one attached hydrogen (secondary N) is 1. The minimum absolute atomic E-state index is 0.00677. The van der Waals surface area contributed by atoms with Crippen LogP contribution in [-0.2, 0) is 9.84 Å². The van der Waals surface area contributed by atoms with Gasteiger partial charge in [-0.1, -0.05) is 12.1 Å². The van der Waals surface area contributed by atoms with Gasteiger partial charge in [-0.05, 0) is 31.5 Å². The highest BCUT2D eigenvalue weighted by Crippen LogP contribution is 2.22. The van der Waals surface area contributed by atoms with Crippen molar-refractivity contribution < 1.29 is 17.6 Å². The fourth-order valence-corrected chi connectivity index (χ4v) is 4.83. The number of benzene rings is 1. The third-order valence-corrected chi connectivity index (χ3v) is 6.14.